The molecular formula is C41H26N4. The van der Waals surface area contributed by atoms with E-state index in [0.717, 1.165) is 33.2 Å². The van der Waals surface area contributed by atoms with Crippen LogP contribution in [0, 0.1) is 22.7 Å². The molecular weight excluding hydrogens is 548 g/mol. The van der Waals surface area contributed by atoms with Gasteiger partial charge in [0.15, 0.2) is 0 Å². The molecule has 0 spiro atoms. The molecule has 0 amide bonds. The third-order valence-electron chi connectivity index (χ3n) is 9.75. The molecule has 210 valence electrons. The topological polar surface area (TPSA) is 57.4 Å². The van der Waals surface area contributed by atoms with Gasteiger partial charge in [0, 0.05) is 38.3 Å². The fourth-order valence-corrected chi connectivity index (χ4v) is 7.65. The van der Waals surface area contributed by atoms with Crippen molar-refractivity contribution in [3.63, 3.8) is 0 Å². The zero-order valence-electron chi connectivity index (χ0n) is 24.8. The van der Waals surface area contributed by atoms with Crippen molar-refractivity contribution in [3.05, 3.63) is 144 Å². The van der Waals surface area contributed by atoms with Crippen LogP contribution in [0.5, 0.6) is 0 Å². The van der Waals surface area contributed by atoms with E-state index < -0.39 is 0 Å². The van der Waals surface area contributed by atoms with E-state index in [1.807, 2.05) is 36.4 Å². The van der Waals surface area contributed by atoms with Crippen LogP contribution in [0.3, 0.4) is 0 Å². The number of hydrogen-bond acceptors (Lipinski definition) is 2. The largest absolute Gasteiger partial charge is 0.309 e. The lowest BCUT2D eigenvalue weighted by Crippen LogP contribution is -2.14. The molecule has 0 aliphatic heterocycles. The van der Waals surface area contributed by atoms with Gasteiger partial charge in [-0.3, -0.25) is 0 Å². The molecule has 4 heteroatoms. The number of nitriles is 2. The Kier molecular flexibility index (Phi) is 5.06. The second-order valence-corrected chi connectivity index (χ2v) is 12.5. The first-order valence-electron chi connectivity index (χ1n) is 15.1. The highest BCUT2D eigenvalue weighted by atomic mass is 15.0. The van der Waals surface area contributed by atoms with Gasteiger partial charge in [0.05, 0.1) is 45.3 Å². The molecule has 0 fully saturated rings. The normalized spacial score (nSPS) is 13.2. The van der Waals surface area contributed by atoms with Gasteiger partial charge in [-0.05, 0) is 95.1 Å². The maximum Gasteiger partial charge on any atom is 0.0991 e. The summed E-state index contributed by atoms with van der Waals surface area (Å²) >= 11 is 0. The lowest BCUT2D eigenvalue weighted by atomic mass is 9.82. The van der Waals surface area contributed by atoms with E-state index in [1.165, 1.54) is 44.1 Å². The van der Waals surface area contributed by atoms with E-state index in [0.29, 0.717) is 11.1 Å². The number of hydrogen-bond donors (Lipinski definition) is 0. The van der Waals surface area contributed by atoms with Gasteiger partial charge in [-0.15, -0.1) is 0 Å². The molecule has 9 rings (SSSR count). The average Bonchev–Trinajstić information content (AvgIpc) is 3.66. The Morgan fingerprint density at radius 1 is 0.467 bits per heavy atom. The zero-order chi connectivity index (χ0) is 30.4. The summed E-state index contributed by atoms with van der Waals surface area (Å²) in [6.45, 7) is 4.66. The molecule has 0 radical (unpaired) electrons. The lowest BCUT2D eigenvalue weighted by Gasteiger charge is -2.21. The van der Waals surface area contributed by atoms with E-state index in [4.69, 9.17) is 0 Å². The zero-order valence-corrected chi connectivity index (χ0v) is 24.8. The fraction of sp³-hybridized carbons (Fsp3) is 0.0732. The molecule has 6 aromatic carbocycles. The predicted molar refractivity (Wildman–Crippen MR) is 182 cm³/mol. The third-order valence-corrected chi connectivity index (χ3v) is 9.75. The number of nitrogens with zero attached hydrogens (tertiary/aromatic N) is 4. The number of para-hydroxylation sites is 1. The molecule has 8 aromatic rings. The molecule has 0 saturated carbocycles. The maximum absolute atomic E-state index is 9.64. The summed E-state index contributed by atoms with van der Waals surface area (Å²) in [7, 11) is 0. The Morgan fingerprint density at radius 3 is 1.73 bits per heavy atom. The number of benzene rings is 6. The quantitative estimate of drug-likeness (QED) is 0.206. The summed E-state index contributed by atoms with van der Waals surface area (Å²) in [6.07, 6.45) is 0. The third kappa shape index (κ3) is 3.40. The van der Waals surface area contributed by atoms with Crippen LogP contribution in [-0.2, 0) is 5.41 Å². The summed E-state index contributed by atoms with van der Waals surface area (Å²) in [5, 5.41) is 23.7. The molecule has 0 bridgehead atoms. The highest BCUT2D eigenvalue weighted by molar-refractivity contribution is 6.12. The molecule has 1 aliphatic carbocycles. The lowest BCUT2D eigenvalue weighted by molar-refractivity contribution is 0.661. The van der Waals surface area contributed by atoms with Crippen molar-refractivity contribution in [2.24, 2.45) is 0 Å². The highest BCUT2D eigenvalue weighted by Crippen LogP contribution is 2.51. The molecule has 2 heterocycles. The van der Waals surface area contributed by atoms with Crippen molar-refractivity contribution in [3.8, 4) is 34.6 Å². The van der Waals surface area contributed by atoms with Crippen LogP contribution in [0.1, 0.15) is 36.1 Å². The molecule has 0 N–H and O–H groups in total. The Labute approximate surface area is 260 Å². The van der Waals surface area contributed by atoms with Crippen LogP contribution in [-0.4, -0.2) is 9.13 Å². The van der Waals surface area contributed by atoms with Crippen molar-refractivity contribution < 1.29 is 0 Å². The first-order valence-corrected chi connectivity index (χ1v) is 15.1. The van der Waals surface area contributed by atoms with E-state index in [9.17, 15) is 10.5 Å². The predicted octanol–water partition coefficient (Wildman–Crippen LogP) is 9.93. The van der Waals surface area contributed by atoms with Crippen LogP contribution in [0.2, 0.25) is 0 Å². The summed E-state index contributed by atoms with van der Waals surface area (Å²) < 4.78 is 4.62. The van der Waals surface area contributed by atoms with Crippen molar-refractivity contribution in [1.82, 2.24) is 9.13 Å². The van der Waals surface area contributed by atoms with Gasteiger partial charge in [0.2, 0.25) is 0 Å². The van der Waals surface area contributed by atoms with Crippen molar-refractivity contribution in [1.29, 1.82) is 10.5 Å². The van der Waals surface area contributed by atoms with Gasteiger partial charge in [0.25, 0.3) is 0 Å². The number of fused-ring (bicyclic) bond motifs is 9. The van der Waals surface area contributed by atoms with Crippen molar-refractivity contribution in [2.45, 2.75) is 19.3 Å². The Hall–Kier alpha value is -6.10. The number of rotatable bonds is 2. The molecule has 2 aromatic heterocycles. The first-order chi connectivity index (χ1) is 22.0. The molecule has 4 nitrogen and oxygen atoms in total. The van der Waals surface area contributed by atoms with Gasteiger partial charge >= 0.3 is 0 Å². The van der Waals surface area contributed by atoms with Gasteiger partial charge in [-0.1, -0.05) is 62.4 Å². The van der Waals surface area contributed by atoms with Gasteiger partial charge in [-0.25, -0.2) is 0 Å². The fourth-order valence-electron chi connectivity index (χ4n) is 7.65. The molecule has 0 saturated heterocycles. The molecule has 45 heavy (non-hydrogen) atoms. The van der Waals surface area contributed by atoms with E-state index >= 15 is 0 Å². The standard InChI is InChI=1S/C41H26N4/c1-41(2)35-12-5-3-10-29(35)31-22-40-34(21-36(31)41)30-11-4-6-13-37(30)45(40)28-9-7-8-27(20-28)44-38-16-14-25(23-42)18-32(38)33-19-26(24-43)15-17-39(33)44/h3-22H,1-2H3. The van der Waals surface area contributed by atoms with E-state index in [-0.39, 0.29) is 5.41 Å². The van der Waals surface area contributed by atoms with Gasteiger partial charge in [0.1, 0.15) is 0 Å². The minimum Gasteiger partial charge on any atom is -0.309 e. The summed E-state index contributed by atoms with van der Waals surface area (Å²) in [5.41, 5.74) is 12.9. The summed E-state index contributed by atoms with van der Waals surface area (Å²) in [6, 6.07) is 47.1. The van der Waals surface area contributed by atoms with Crippen molar-refractivity contribution >= 4 is 43.6 Å². The maximum atomic E-state index is 9.64. The Bertz CT molecular complexity index is 2580. The minimum absolute atomic E-state index is 0.0728. The van der Waals surface area contributed by atoms with Crippen molar-refractivity contribution in [2.75, 3.05) is 0 Å². The highest BCUT2D eigenvalue weighted by Gasteiger charge is 2.36. The second kappa shape index (κ2) is 8.96. The molecule has 1 aliphatic rings. The first kappa shape index (κ1) is 25.4. The second-order valence-electron chi connectivity index (χ2n) is 12.5. The van der Waals surface area contributed by atoms with Crippen LogP contribution >= 0.6 is 0 Å². The van der Waals surface area contributed by atoms with E-state index in [2.05, 4.69) is 120 Å². The van der Waals surface area contributed by atoms with Crippen LogP contribution in [0.15, 0.2) is 121 Å². The van der Waals surface area contributed by atoms with Gasteiger partial charge < -0.3 is 9.13 Å². The number of aromatic nitrogens is 2. The Morgan fingerprint density at radius 2 is 1.04 bits per heavy atom. The molecule has 0 atom stereocenters. The smallest absolute Gasteiger partial charge is 0.0991 e. The van der Waals surface area contributed by atoms with E-state index in [1.54, 1.807) is 0 Å². The minimum atomic E-state index is -0.0728. The monoisotopic (exact) mass is 574 g/mol. The SMILES string of the molecule is CC1(C)c2ccccc2-c2cc3c(cc21)c1ccccc1n3-c1cccc(-n2c3ccc(C#N)cc3c3cc(C#N)ccc32)c1. The molecule has 0 unspecified atom stereocenters. The average molecular weight is 575 g/mol. The van der Waals surface area contributed by atoms with Crippen LogP contribution < -0.4 is 0 Å². The van der Waals surface area contributed by atoms with Crippen LogP contribution in [0.4, 0.5) is 0 Å². The Balaban J connectivity index is 1.33. The summed E-state index contributed by atoms with van der Waals surface area (Å²) in [4.78, 5) is 0. The van der Waals surface area contributed by atoms with Gasteiger partial charge in [-0.2, -0.15) is 10.5 Å². The summed E-state index contributed by atoms with van der Waals surface area (Å²) in [5.74, 6) is 0. The van der Waals surface area contributed by atoms with Crippen LogP contribution in [0.25, 0.3) is 66.1 Å².